The third-order valence-corrected chi connectivity index (χ3v) is 3.67. The van der Waals surface area contributed by atoms with Crippen LogP contribution in [0.1, 0.15) is 45.4 Å². The van der Waals surface area contributed by atoms with Gasteiger partial charge in [-0.3, -0.25) is 0 Å². The van der Waals surface area contributed by atoms with E-state index in [2.05, 4.69) is 11.8 Å². The van der Waals surface area contributed by atoms with E-state index in [1.54, 1.807) is 21.1 Å². The van der Waals surface area contributed by atoms with Crippen LogP contribution in [0.5, 0.6) is 0 Å². The van der Waals surface area contributed by atoms with E-state index in [0.29, 0.717) is 0 Å². The molecule has 98 valence electrons. The number of nitrogens with zero attached hydrogens (tertiary/aromatic N) is 2. The number of rotatable bonds is 9. The first-order valence-corrected chi connectivity index (χ1v) is 7.66. The predicted octanol–water partition coefficient (Wildman–Crippen LogP) is 2.67. The minimum atomic E-state index is -3.23. The second-order valence-electron chi connectivity index (χ2n) is 5.08. The van der Waals surface area contributed by atoms with Crippen LogP contribution >= 0.6 is 0 Å². The normalized spacial score (nSPS) is 13.0. The summed E-state index contributed by atoms with van der Waals surface area (Å²) in [7, 11) is 2.01. The summed E-state index contributed by atoms with van der Waals surface area (Å²) in [6.45, 7) is 2.17. The first-order valence-electron chi connectivity index (χ1n) is 6.05. The summed E-state index contributed by atoms with van der Waals surface area (Å²) in [5.74, 6) is 0.189. The van der Waals surface area contributed by atoms with Crippen molar-refractivity contribution in [2.75, 3.05) is 26.9 Å². The summed E-state index contributed by atoms with van der Waals surface area (Å²) in [6.07, 6.45) is 6.53. The Morgan fingerprint density at radius 1 is 0.938 bits per heavy atom. The summed E-state index contributed by atoms with van der Waals surface area (Å²) < 4.78 is 23.2. The van der Waals surface area contributed by atoms with Crippen molar-refractivity contribution in [2.24, 2.45) is 0 Å². The molecule has 5 heteroatoms. The van der Waals surface area contributed by atoms with Crippen LogP contribution in [0.15, 0.2) is 0 Å². The average Bonchev–Trinajstić information content (AvgIpc) is 2.06. The van der Waals surface area contributed by atoms with Gasteiger partial charge in [0.2, 0.25) is 0 Å². The topological polar surface area (TPSA) is 48.2 Å². The van der Waals surface area contributed by atoms with Crippen molar-refractivity contribution < 1.29 is 13.0 Å². The molecule has 16 heavy (non-hydrogen) atoms. The van der Waals surface area contributed by atoms with Gasteiger partial charge in [-0.05, 0) is 6.42 Å². The average molecular weight is 250 g/mol. The van der Waals surface area contributed by atoms with E-state index in [1.807, 2.05) is 0 Å². The summed E-state index contributed by atoms with van der Waals surface area (Å²) in [6, 6.07) is 0. The van der Waals surface area contributed by atoms with Crippen molar-refractivity contribution in [2.45, 2.75) is 45.4 Å². The molecule has 0 saturated heterocycles. The van der Waals surface area contributed by atoms with Crippen LogP contribution in [-0.4, -0.2) is 39.9 Å². The lowest BCUT2D eigenvalue weighted by atomic mass is 10.1. The highest BCUT2D eigenvalue weighted by Gasteiger charge is 2.07. The molecule has 0 amide bonds. The Kier molecular flexibility index (Phi) is 7.19. The molecule has 0 rings (SSSR count). The van der Waals surface area contributed by atoms with Gasteiger partial charge in [0, 0.05) is 5.75 Å². The van der Waals surface area contributed by atoms with Crippen molar-refractivity contribution in [3.8, 4) is 0 Å². The van der Waals surface area contributed by atoms with Crippen molar-refractivity contribution in [1.82, 2.24) is 0 Å². The zero-order valence-electron chi connectivity index (χ0n) is 11.1. The van der Waals surface area contributed by atoms with Gasteiger partial charge >= 0.3 is 0 Å². The summed E-state index contributed by atoms with van der Waals surface area (Å²) in [4.78, 5) is 3.78. The second-order valence-corrected chi connectivity index (χ2v) is 6.81. The fourth-order valence-electron chi connectivity index (χ4n) is 1.48. The Balaban J connectivity index is 3.68. The molecule has 4 nitrogen and oxygen atoms in total. The highest BCUT2D eigenvalue weighted by Crippen LogP contribution is 2.14. The summed E-state index contributed by atoms with van der Waals surface area (Å²) in [5, 5.41) is 0. The largest absolute Gasteiger partial charge is 0.388 e. The number of hydrogen-bond acceptors (Lipinski definition) is 2. The molecule has 0 aliphatic carbocycles. The lowest BCUT2D eigenvalue weighted by Crippen LogP contribution is -2.32. The van der Waals surface area contributed by atoms with Gasteiger partial charge in [0.25, 0.3) is 0 Å². The molecular weight excluding hydrogens is 224 g/mol. The molecule has 0 radical (unpaired) electrons. The quantitative estimate of drug-likeness (QED) is 0.359. The van der Waals surface area contributed by atoms with Gasteiger partial charge in [-0.1, -0.05) is 39.0 Å². The van der Waals surface area contributed by atoms with Crippen molar-refractivity contribution in [1.29, 1.82) is 0 Å². The fourth-order valence-corrected chi connectivity index (χ4v) is 2.88. The maximum atomic E-state index is 11.6. The van der Waals surface area contributed by atoms with Gasteiger partial charge in [-0.25, -0.2) is 8.42 Å². The summed E-state index contributed by atoms with van der Waals surface area (Å²) >= 11 is 0. The zero-order chi connectivity index (χ0) is 12.7. The van der Waals surface area contributed by atoms with Crippen LogP contribution in [-0.2, 0) is 10.0 Å². The first-order chi connectivity index (χ1) is 7.27. The molecule has 0 atom stereocenters. The predicted molar refractivity (Wildman–Crippen MR) is 68.6 cm³/mol. The fraction of sp³-hybridized carbons (Fsp3) is 1.00. The van der Waals surface area contributed by atoms with E-state index in [9.17, 15) is 8.42 Å². The molecule has 0 saturated carbocycles. The van der Waals surface area contributed by atoms with Crippen LogP contribution < -0.4 is 0 Å². The third kappa shape index (κ3) is 10.4. The molecule has 0 aromatic carbocycles. The van der Waals surface area contributed by atoms with E-state index in [4.69, 9.17) is 0 Å². The Hall–Kier alpha value is -0.130. The molecule has 0 aliphatic heterocycles. The smallest absolute Gasteiger partial charge is 0.113 e. The van der Waals surface area contributed by atoms with Crippen LogP contribution in [0.3, 0.4) is 0 Å². The van der Waals surface area contributed by atoms with Crippen molar-refractivity contribution >= 4 is 10.0 Å². The highest BCUT2D eigenvalue weighted by atomic mass is 32.2. The van der Waals surface area contributed by atoms with Crippen molar-refractivity contribution in [3.63, 3.8) is 0 Å². The molecular formula is C11H26N2O2S. The molecule has 0 aromatic heterocycles. The number of unbranched alkanes of at least 4 members (excludes halogenated alkanes) is 5. The molecule has 0 aliphatic rings. The summed E-state index contributed by atoms with van der Waals surface area (Å²) in [5.41, 5.74) is 0. The Morgan fingerprint density at radius 3 is 1.94 bits per heavy atom. The van der Waals surface area contributed by atoms with Gasteiger partial charge in [0.15, 0.2) is 0 Å². The van der Waals surface area contributed by atoms with Crippen LogP contribution in [0.2, 0.25) is 0 Å². The van der Waals surface area contributed by atoms with Gasteiger partial charge in [-0.15, -0.1) is 0 Å². The number of hydrogen-bond donors (Lipinski definition) is 0. The van der Waals surface area contributed by atoms with Gasteiger partial charge in [0.1, 0.15) is 10.0 Å². The van der Waals surface area contributed by atoms with E-state index in [1.165, 1.54) is 19.3 Å². The molecule has 0 aromatic rings. The highest BCUT2D eigenvalue weighted by molar-refractivity contribution is 7.93. The minimum Gasteiger partial charge on any atom is -0.388 e. The molecule has 0 spiro atoms. The molecule has 0 fully saturated rings. The molecule has 0 heterocycles. The Bertz CT molecular complexity index is 268. The minimum absolute atomic E-state index is 0.123. The Morgan fingerprint density at radius 2 is 1.44 bits per heavy atom. The van der Waals surface area contributed by atoms with E-state index in [0.717, 1.165) is 19.3 Å². The second kappa shape index (κ2) is 7.25. The van der Waals surface area contributed by atoms with Gasteiger partial charge < -0.3 is 9.42 Å². The molecule has 0 unspecified atom stereocenters. The van der Waals surface area contributed by atoms with Crippen LogP contribution in [0.25, 0.3) is 4.83 Å². The van der Waals surface area contributed by atoms with Crippen LogP contribution in [0.4, 0.5) is 0 Å². The van der Waals surface area contributed by atoms with Gasteiger partial charge in [-0.2, -0.15) is 0 Å². The van der Waals surface area contributed by atoms with Gasteiger partial charge in [0.05, 0.1) is 21.1 Å². The van der Waals surface area contributed by atoms with E-state index < -0.39 is 10.0 Å². The third-order valence-electron chi connectivity index (χ3n) is 2.13. The lowest BCUT2D eigenvalue weighted by molar-refractivity contribution is -0.824. The standard InChI is InChI=1S/C11H26N2O2S/c1-5-6-7-8-9-10-11-16(14,15)12-13(2,3)4/h5-11H2,1-4H3. The van der Waals surface area contributed by atoms with Crippen LogP contribution in [0, 0.1) is 0 Å². The lowest BCUT2D eigenvalue weighted by Gasteiger charge is -2.37. The monoisotopic (exact) mass is 250 g/mol. The Labute approximate surface area is 101 Å². The molecule has 0 bridgehead atoms. The zero-order valence-corrected chi connectivity index (χ0v) is 11.9. The molecule has 0 N–H and O–H groups in total. The number of sulfonamides is 1. The SMILES string of the molecule is CCCCCCCCS(=O)(=O)[N-][N+](C)(C)C. The van der Waals surface area contributed by atoms with Crippen molar-refractivity contribution in [3.05, 3.63) is 4.83 Å². The first kappa shape index (κ1) is 15.9. The van der Waals surface area contributed by atoms with E-state index >= 15 is 0 Å². The maximum Gasteiger partial charge on any atom is 0.113 e. The van der Waals surface area contributed by atoms with E-state index in [-0.39, 0.29) is 10.3 Å². The maximum absolute atomic E-state index is 11.6. The number of quaternary nitrogens is 1.